The van der Waals surface area contributed by atoms with Crippen LogP contribution in [0.4, 0.5) is 0 Å². The van der Waals surface area contributed by atoms with E-state index in [1.54, 1.807) is 21.3 Å². The van der Waals surface area contributed by atoms with Crippen LogP contribution in [-0.4, -0.2) is 41.0 Å². The van der Waals surface area contributed by atoms with E-state index in [0.717, 1.165) is 23.3 Å². The van der Waals surface area contributed by atoms with Gasteiger partial charge in [-0.1, -0.05) is 20.8 Å². The van der Waals surface area contributed by atoms with Gasteiger partial charge in [0.1, 0.15) is 11.4 Å². The fourth-order valence-electron chi connectivity index (χ4n) is 4.12. The SMILES string of the molecule is COc1cc(CC(=O)c2ccc3c(c2)C(O[Si](C)(C)C(C)(C)C)CC(C)(C)O3)cc(OC)c1OC. The highest BCUT2D eigenvalue weighted by Crippen LogP contribution is 2.47. The molecule has 0 aromatic heterocycles. The number of hydrogen-bond acceptors (Lipinski definition) is 6. The van der Waals surface area contributed by atoms with Crippen molar-refractivity contribution in [2.24, 2.45) is 0 Å². The van der Waals surface area contributed by atoms with E-state index in [1.165, 1.54) is 0 Å². The van der Waals surface area contributed by atoms with Crippen LogP contribution in [0, 0.1) is 0 Å². The molecule has 1 aliphatic rings. The fourth-order valence-corrected chi connectivity index (χ4v) is 5.40. The Morgan fingerprint density at radius 1 is 1.03 bits per heavy atom. The van der Waals surface area contributed by atoms with Crippen molar-refractivity contribution in [1.82, 2.24) is 0 Å². The highest BCUT2D eigenvalue weighted by atomic mass is 28.4. The lowest BCUT2D eigenvalue weighted by molar-refractivity contribution is 0.0166. The normalized spacial score (nSPS) is 17.3. The van der Waals surface area contributed by atoms with Gasteiger partial charge in [0.05, 0.1) is 27.4 Å². The molecule has 35 heavy (non-hydrogen) atoms. The molecule has 2 aromatic rings. The molecule has 0 bridgehead atoms. The van der Waals surface area contributed by atoms with Crippen molar-refractivity contribution < 1.29 is 28.2 Å². The van der Waals surface area contributed by atoms with Crippen LogP contribution in [0.5, 0.6) is 23.0 Å². The smallest absolute Gasteiger partial charge is 0.203 e. The standard InChI is InChI=1S/C28H40O6Si/c1-27(2,3)35(9,10)34-25-17-28(4,5)33-22-12-11-19(16-20(22)25)21(29)13-18-14-23(30-6)26(32-8)24(15-18)31-7/h11-12,14-16,25H,13,17H2,1-10H3. The molecular weight excluding hydrogens is 460 g/mol. The Balaban J connectivity index is 1.94. The molecule has 0 saturated heterocycles. The molecule has 192 valence electrons. The van der Waals surface area contributed by atoms with Crippen LogP contribution < -0.4 is 18.9 Å². The summed E-state index contributed by atoms with van der Waals surface area (Å²) in [5.74, 6) is 2.34. The van der Waals surface area contributed by atoms with E-state index < -0.39 is 8.32 Å². The average Bonchev–Trinajstić information content (AvgIpc) is 2.76. The first-order valence-electron chi connectivity index (χ1n) is 12.0. The molecule has 1 atom stereocenters. The minimum absolute atomic E-state index is 0.00187. The quantitative estimate of drug-likeness (QED) is 0.295. The Kier molecular flexibility index (Phi) is 7.63. The second-order valence-electron chi connectivity index (χ2n) is 11.3. The van der Waals surface area contributed by atoms with E-state index in [-0.39, 0.29) is 28.9 Å². The van der Waals surface area contributed by atoms with Crippen molar-refractivity contribution in [3.63, 3.8) is 0 Å². The first-order valence-corrected chi connectivity index (χ1v) is 14.9. The first kappa shape index (κ1) is 27.1. The third-order valence-electron chi connectivity index (χ3n) is 7.07. The van der Waals surface area contributed by atoms with Gasteiger partial charge in [-0.3, -0.25) is 4.79 Å². The van der Waals surface area contributed by atoms with Gasteiger partial charge < -0.3 is 23.4 Å². The highest BCUT2D eigenvalue weighted by Gasteiger charge is 2.43. The summed E-state index contributed by atoms with van der Waals surface area (Å²) < 4.78 is 29.4. The van der Waals surface area contributed by atoms with E-state index in [9.17, 15) is 4.79 Å². The second-order valence-corrected chi connectivity index (χ2v) is 16.1. The van der Waals surface area contributed by atoms with Crippen molar-refractivity contribution >= 4 is 14.1 Å². The zero-order chi connectivity index (χ0) is 26.2. The third-order valence-corrected chi connectivity index (χ3v) is 11.6. The van der Waals surface area contributed by atoms with Gasteiger partial charge in [-0.2, -0.15) is 0 Å². The Hall–Kier alpha value is -2.51. The van der Waals surface area contributed by atoms with E-state index in [2.05, 4.69) is 47.7 Å². The Morgan fingerprint density at radius 2 is 1.63 bits per heavy atom. The summed E-state index contributed by atoms with van der Waals surface area (Å²) in [4.78, 5) is 13.3. The van der Waals surface area contributed by atoms with Crippen molar-refractivity contribution in [2.45, 2.75) is 77.3 Å². The van der Waals surface area contributed by atoms with Crippen LogP contribution in [0.1, 0.15) is 68.6 Å². The number of ketones is 1. The predicted octanol–water partition coefficient (Wildman–Crippen LogP) is 6.76. The maximum Gasteiger partial charge on any atom is 0.203 e. The summed E-state index contributed by atoms with van der Waals surface area (Å²) in [7, 11) is 2.65. The fraction of sp³-hybridized carbons (Fsp3) is 0.536. The van der Waals surface area contributed by atoms with E-state index in [0.29, 0.717) is 22.8 Å². The summed E-state index contributed by atoms with van der Waals surface area (Å²) in [5.41, 5.74) is 2.02. The van der Waals surface area contributed by atoms with Gasteiger partial charge in [-0.15, -0.1) is 0 Å². The number of Topliss-reactive ketones (excluding diaryl/α,β-unsaturated/α-hetero) is 1. The topological polar surface area (TPSA) is 63.2 Å². The summed E-state index contributed by atoms with van der Waals surface area (Å²) in [5, 5.41) is 0.0789. The van der Waals surface area contributed by atoms with Crippen LogP contribution in [0.3, 0.4) is 0 Å². The Bertz CT molecular complexity index is 1060. The summed E-state index contributed by atoms with van der Waals surface area (Å²) in [6.45, 7) is 15.4. The number of benzene rings is 2. The molecule has 0 saturated carbocycles. The number of carbonyl (C=O) groups excluding carboxylic acids is 1. The molecule has 1 unspecified atom stereocenters. The summed E-state index contributed by atoms with van der Waals surface area (Å²) >= 11 is 0. The molecule has 0 fully saturated rings. The number of ether oxygens (including phenoxy) is 4. The zero-order valence-electron chi connectivity index (χ0n) is 22.8. The number of hydrogen-bond donors (Lipinski definition) is 0. The van der Waals surface area contributed by atoms with Crippen molar-refractivity contribution in [3.05, 3.63) is 47.0 Å². The van der Waals surface area contributed by atoms with Crippen LogP contribution in [0.25, 0.3) is 0 Å². The Morgan fingerprint density at radius 3 is 2.14 bits per heavy atom. The molecule has 1 aliphatic heterocycles. The van der Waals surface area contributed by atoms with Gasteiger partial charge in [-0.25, -0.2) is 0 Å². The molecule has 3 rings (SSSR count). The molecule has 0 amide bonds. The maximum absolute atomic E-state index is 13.3. The molecule has 0 spiro atoms. The minimum atomic E-state index is -2.04. The molecule has 2 aromatic carbocycles. The minimum Gasteiger partial charge on any atom is -0.493 e. The predicted molar refractivity (Wildman–Crippen MR) is 141 cm³/mol. The van der Waals surface area contributed by atoms with Crippen LogP contribution in [0.15, 0.2) is 30.3 Å². The van der Waals surface area contributed by atoms with E-state index >= 15 is 0 Å². The third kappa shape index (κ3) is 5.84. The average molecular weight is 501 g/mol. The molecule has 7 heteroatoms. The van der Waals surface area contributed by atoms with Crippen molar-refractivity contribution in [1.29, 1.82) is 0 Å². The molecule has 6 nitrogen and oxygen atoms in total. The maximum atomic E-state index is 13.3. The van der Waals surface area contributed by atoms with Gasteiger partial charge in [0.25, 0.3) is 0 Å². The molecule has 0 N–H and O–H groups in total. The van der Waals surface area contributed by atoms with Gasteiger partial charge >= 0.3 is 0 Å². The number of carbonyl (C=O) groups is 1. The number of methoxy groups -OCH3 is 3. The van der Waals surface area contributed by atoms with Crippen LogP contribution in [0.2, 0.25) is 18.1 Å². The second kappa shape index (κ2) is 9.86. The number of fused-ring (bicyclic) bond motifs is 1. The summed E-state index contributed by atoms with van der Waals surface area (Å²) in [6.07, 6.45) is 0.815. The molecule has 0 aliphatic carbocycles. The lowest BCUT2D eigenvalue weighted by Crippen LogP contribution is -2.45. The van der Waals surface area contributed by atoms with Crippen LogP contribution >= 0.6 is 0 Å². The first-order chi connectivity index (χ1) is 16.2. The van der Waals surface area contributed by atoms with Crippen molar-refractivity contribution in [3.8, 4) is 23.0 Å². The van der Waals surface area contributed by atoms with Crippen LogP contribution in [-0.2, 0) is 10.8 Å². The van der Waals surface area contributed by atoms with Gasteiger partial charge in [0, 0.05) is 24.0 Å². The largest absolute Gasteiger partial charge is 0.493 e. The van der Waals surface area contributed by atoms with E-state index in [4.69, 9.17) is 23.4 Å². The molecule has 0 radical (unpaired) electrons. The molecule has 1 heterocycles. The van der Waals surface area contributed by atoms with Crippen molar-refractivity contribution in [2.75, 3.05) is 21.3 Å². The zero-order valence-corrected chi connectivity index (χ0v) is 23.8. The summed E-state index contributed by atoms with van der Waals surface area (Å²) in [6, 6.07) is 9.31. The lowest BCUT2D eigenvalue weighted by Gasteiger charge is -2.44. The monoisotopic (exact) mass is 500 g/mol. The van der Waals surface area contributed by atoms with Gasteiger partial charge in [-0.05, 0) is 67.9 Å². The van der Waals surface area contributed by atoms with E-state index in [1.807, 2.05) is 30.3 Å². The van der Waals surface area contributed by atoms with Gasteiger partial charge in [0.15, 0.2) is 25.6 Å². The molecular formula is C28H40O6Si. The highest BCUT2D eigenvalue weighted by molar-refractivity contribution is 6.74. The lowest BCUT2D eigenvalue weighted by atomic mass is 9.90. The van der Waals surface area contributed by atoms with Gasteiger partial charge in [0.2, 0.25) is 5.75 Å². The number of rotatable bonds is 8. The Labute approximate surface area is 211 Å².